The van der Waals surface area contributed by atoms with E-state index in [0.29, 0.717) is 12.0 Å². The molecule has 18 heteroatoms. The number of aromatic nitrogens is 1. The average Bonchev–Trinajstić information content (AvgIpc) is 2.98. The van der Waals surface area contributed by atoms with Crippen LogP contribution in [0, 0.1) is 0 Å². The van der Waals surface area contributed by atoms with Crippen LogP contribution in [0.25, 0.3) is 0 Å². The molecule has 0 bridgehead atoms. The number of ether oxygens (including phenoxy) is 1. The highest BCUT2D eigenvalue weighted by molar-refractivity contribution is 5.94. The van der Waals surface area contributed by atoms with Crippen molar-refractivity contribution in [2.24, 2.45) is 11.5 Å². The number of carboxylic acids is 1. The quantitative estimate of drug-likeness (QED) is 0.0721. The third-order valence-electron chi connectivity index (χ3n) is 7.18. The van der Waals surface area contributed by atoms with Crippen molar-refractivity contribution in [3.05, 3.63) is 30.1 Å². The van der Waals surface area contributed by atoms with E-state index in [2.05, 4.69) is 26.3 Å². The highest BCUT2D eigenvalue weighted by Crippen LogP contribution is 2.21. The fraction of sp³-hybridized carbons (Fsp3) is 0.536. The lowest BCUT2D eigenvalue weighted by molar-refractivity contribution is -0.139. The van der Waals surface area contributed by atoms with Crippen LogP contribution in [0.5, 0.6) is 0 Å². The van der Waals surface area contributed by atoms with Crippen molar-refractivity contribution >= 4 is 47.8 Å². The normalized spacial score (nSPS) is 15.6. The van der Waals surface area contributed by atoms with E-state index >= 15 is 0 Å². The highest BCUT2D eigenvalue weighted by atomic mass is 16.5. The number of amides is 7. The minimum absolute atomic E-state index is 0.0146. The fourth-order valence-corrected chi connectivity index (χ4v) is 4.83. The molecule has 18 nitrogen and oxygen atoms in total. The third-order valence-corrected chi connectivity index (χ3v) is 7.18. The summed E-state index contributed by atoms with van der Waals surface area (Å²) in [5.41, 5.74) is 9.74. The second kappa shape index (κ2) is 18.0. The number of nitrogens with two attached hydrogens (primary N) is 2. The van der Waals surface area contributed by atoms with Crippen molar-refractivity contribution in [3.8, 4) is 0 Å². The van der Waals surface area contributed by atoms with E-state index in [1.807, 2.05) is 0 Å². The minimum atomic E-state index is -1.43. The molecule has 1 aromatic rings. The molecule has 1 aliphatic rings. The van der Waals surface area contributed by atoms with Crippen molar-refractivity contribution in [1.29, 1.82) is 0 Å². The van der Waals surface area contributed by atoms with E-state index in [1.54, 1.807) is 12.1 Å². The average molecular weight is 649 g/mol. The highest BCUT2D eigenvalue weighted by Gasteiger charge is 2.41. The Balaban J connectivity index is 2.23. The number of likely N-dealkylation sites (N-methyl/N-ethyl adjacent to an activating group) is 1. The van der Waals surface area contributed by atoms with Crippen molar-refractivity contribution in [1.82, 2.24) is 31.2 Å². The smallest absolute Gasteiger partial charge is 0.303 e. The Morgan fingerprint density at radius 2 is 1.74 bits per heavy atom. The van der Waals surface area contributed by atoms with Crippen molar-refractivity contribution < 1.29 is 48.2 Å². The summed E-state index contributed by atoms with van der Waals surface area (Å²) in [6.07, 6.45) is 1.59. The molecule has 7 amide bonds. The van der Waals surface area contributed by atoms with Gasteiger partial charge in [0.25, 0.3) is 0 Å². The molecule has 0 unspecified atom stereocenters. The predicted molar refractivity (Wildman–Crippen MR) is 158 cm³/mol. The minimum Gasteiger partial charge on any atom is -0.481 e. The summed E-state index contributed by atoms with van der Waals surface area (Å²) in [5.74, 6) is -5.98. The number of hydrogen-bond acceptors (Lipinski definition) is 10. The number of carbonyl (C=O) groups is 8. The fourth-order valence-electron chi connectivity index (χ4n) is 4.83. The van der Waals surface area contributed by atoms with Gasteiger partial charge in [-0.15, -0.1) is 0 Å². The zero-order valence-corrected chi connectivity index (χ0v) is 25.4. The van der Waals surface area contributed by atoms with Gasteiger partial charge in [-0.05, 0) is 18.1 Å². The van der Waals surface area contributed by atoms with Crippen LogP contribution >= 0.6 is 0 Å². The Bertz CT molecular complexity index is 1270. The Kier molecular flexibility index (Phi) is 14.5. The molecule has 9 N–H and O–H groups in total. The zero-order chi connectivity index (χ0) is 34.3. The molecule has 252 valence electrons. The van der Waals surface area contributed by atoms with Crippen molar-refractivity contribution in [3.63, 3.8) is 0 Å². The number of primary amides is 2. The summed E-state index contributed by atoms with van der Waals surface area (Å²) < 4.78 is 5.26. The first-order chi connectivity index (χ1) is 21.8. The first-order valence-corrected chi connectivity index (χ1v) is 14.4. The Labute approximate surface area is 264 Å². The predicted octanol–water partition coefficient (Wildman–Crippen LogP) is -3.55. The number of carboxylic acid groups (broad SMARTS) is 1. The van der Waals surface area contributed by atoms with Crippen LogP contribution in [0.1, 0.15) is 44.1 Å². The van der Waals surface area contributed by atoms with Gasteiger partial charge in [0.05, 0.1) is 6.54 Å². The lowest BCUT2D eigenvalue weighted by Crippen LogP contribution is -2.62. The molecule has 0 saturated carbocycles. The molecule has 1 saturated heterocycles. The Morgan fingerprint density at radius 1 is 1.04 bits per heavy atom. The molecule has 2 heterocycles. The summed E-state index contributed by atoms with van der Waals surface area (Å²) >= 11 is 0. The second-order valence-electron chi connectivity index (χ2n) is 10.8. The standard InChI is InChI=1S/C28H40N8O10/c1-36(15-22(30)39)26(44)20(11-17-3-2-8-31-14-17)34-23(40)13-18(12-21(29)38)33-25(43)19(4-5-24(41)42)35-27(45)28(32-16-37)6-9-46-10-7-28/h2-3,8,14,16,18-20H,4-7,9-13,15H2,1H3,(H2,29,38)(H2,30,39)(H,32,37)(H,33,43)(H,34,40)(H,35,45)(H,41,42)/t18-,19-,20-/m0/s1. The van der Waals surface area contributed by atoms with E-state index < -0.39 is 90.9 Å². The first-order valence-electron chi connectivity index (χ1n) is 14.4. The van der Waals surface area contributed by atoms with Gasteiger partial charge in [-0.3, -0.25) is 43.3 Å². The van der Waals surface area contributed by atoms with Crippen LogP contribution in [-0.4, -0.2) is 113 Å². The van der Waals surface area contributed by atoms with Gasteiger partial charge in [0.15, 0.2) is 0 Å². The molecule has 1 fully saturated rings. The number of rotatable bonds is 19. The van der Waals surface area contributed by atoms with E-state index in [1.165, 1.54) is 19.4 Å². The lowest BCUT2D eigenvalue weighted by Gasteiger charge is -2.36. The van der Waals surface area contributed by atoms with Crippen LogP contribution in [-0.2, 0) is 49.5 Å². The first kappa shape index (κ1) is 37.1. The van der Waals surface area contributed by atoms with Gasteiger partial charge in [-0.25, -0.2) is 0 Å². The molecule has 0 spiro atoms. The number of carbonyl (C=O) groups excluding carboxylic acids is 7. The topological polar surface area (TPSA) is 282 Å². The van der Waals surface area contributed by atoms with Crippen LogP contribution in [0.15, 0.2) is 24.5 Å². The summed E-state index contributed by atoms with van der Waals surface area (Å²) in [4.78, 5) is 104. The Morgan fingerprint density at radius 3 is 2.30 bits per heavy atom. The summed E-state index contributed by atoms with van der Waals surface area (Å²) in [5, 5.41) is 19.2. The van der Waals surface area contributed by atoms with E-state index in [-0.39, 0.29) is 38.9 Å². The number of hydrogen-bond donors (Lipinski definition) is 7. The molecule has 0 aliphatic carbocycles. The lowest BCUT2D eigenvalue weighted by atomic mass is 9.88. The molecule has 1 aromatic heterocycles. The zero-order valence-electron chi connectivity index (χ0n) is 25.4. The maximum absolute atomic E-state index is 13.3. The van der Waals surface area contributed by atoms with Crippen LogP contribution in [0.4, 0.5) is 0 Å². The van der Waals surface area contributed by atoms with Gasteiger partial charge in [0.2, 0.25) is 41.9 Å². The van der Waals surface area contributed by atoms with Gasteiger partial charge in [0.1, 0.15) is 17.6 Å². The summed E-state index contributed by atoms with van der Waals surface area (Å²) in [6, 6.07) is -0.545. The van der Waals surface area contributed by atoms with Crippen LogP contribution < -0.4 is 32.7 Å². The molecular formula is C28H40N8O10. The molecule has 2 rings (SSSR count). The van der Waals surface area contributed by atoms with E-state index in [4.69, 9.17) is 16.2 Å². The third kappa shape index (κ3) is 12.1. The van der Waals surface area contributed by atoms with Gasteiger partial charge in [-0.2, -0.15) is 0 Å². The van der Waals surface area contributed by atoms with E-state index in [0.717, 1.165) is 4.90 Å². The van der Waals surface area contributed by atoms with Crippen LogP contribution in [0.2, 0.25) is 0 Å². The summed E-state index contributed by atoms with van der Waals surface area (Å²) in [7, 11) is 1.33. The molecule has 3 atom stereocenters. The molecule has 0 radical (unpaired) electrons. The van der Waals surface area contributed by atoms with Gasteiger partial charge < -0.3 is 47.5 Å². The summed E-state index contributed by atoms with van der Waals surface area (Å²) in [6.45, 7) is -0.115. The van der Waals surface area contributed by atoms with E-state index in [9.17, 15) is 43.5 Å². The van der Waals surface area contributed by atoms with Crippen LogP contribution in [0.3, 0.4) is 0 Å². The monoisotopic (exact) mass is 648 g/mol. The maximum atomic E-state index is 13.3. The second-order valence-corrected chi connectivity index (χ2v) is 10.8. The van der Waals surface area contributed by atoms with Crippen molar-refractivity contribution in [2.45, 2.75) is 68.6 Å². The number of nitrogens with zero attached hydrogens (tertiary/aromatic N) is 2. The molecule has 46 heavy (non-hydrogen) atoms. The van der Waals surface area contributed by atoms with Gasteiger partial charge in [0, 0.05) is 77.2 Å². The SMILES string of the molecule is CN(CC(N)=O)C(=O)[C@H](Cc1cccnc1)NC(=O)C[C@H](CC(N)=O)NC(=O)[C@H](CCC(=O)O)NC(=O)C1(NC=O)CCOCC1. The van der Waals surface area contributed by atoms with Gasteiger partial charge in [-0.1, -0.05) is 6.07 Å². The van der Waals surface area contributed by atoms with Gasteiger partial charge >= 0.3 is 5.97 Å². The number of nitrogens with one attached hydrogen (secondary N) is 4. The largest absolute Gasteiger partial charge is 0.481 e. The molecule has 0 aromatic carbocycles. The number of pyridine rings is 1. The van der Waals surface area contributed by atoms with Crippen molar-refractivity contribution in [2.75, 3.05) is 26.8 Å². The molecular weight excluding hydrogens is 608 g/mol. The number of aliphatic carboxylic acids is 1. The maximum Gasteiger partial charge on any atom is 0.303 e. The Hall–Kier alpha value is -5.13. The molecule has 1 aliphatic heterocycles.